The Labute approximate surface area is 134 Å². The molecule has 0 aliphatic carbocycles. The van der Waals surface area contributed by atoms with Gasteiger partial charge >= 0.3 is 0 Å². The molecule has 1 aliphatic rings. The number of nitrogens with one attached hydrogen (secondary N) is 1. The summed E-state index contributed by atoms with van der Waals surface area (Å²) in [7, 11) is 0. The minimum atomic E-state index is 0.723. The average molecular weight is 310 g/mol. The van der Waals surface area contributed by atoms with E-state index in [1.165, 1.54) is 48.0 Å². The maximum absolute atomic E-state index is 3.55. The highest BCUT2D eigenvalue weighted by Gasteiger charge is 2.17. The fourth-order valence-corrected chi connectivity index (χ4v) is 3.84. The lowest BCUT2D eigenvalue weighted by atomic mass is 10.2. The number of piperazine rings is 1. The van der Waals surface area contributed by atoms with Crippen LogP contribution in [0.4, 0.5) is 0 Å². The van der Waals surface area contributed by atoms with Crippen LogP contribution in [0.2, 0.25) is 0 Å². The first-order valence-corrected chi connectivity index (χ1v) is 9.13. The van der Waals surface area contributed by atoms with Crippen LogP contribution in [0.15, 0.2) is 6.07 Å². The molecule has 0 aromatic carbocycles. The molecule has 1 saturated heterocycles. The highest BCUT2D eigenvalue weighted by Crippen LogP contribution is 2.23. The number of nitrogens with zero attached hydrogens (tertiary/aromatic N) is 2. The molecule has 2 heterocycles. The van der Waals surface area contributed by atoms with Gasteiger partial charge in [-0.25, -0.2) is 0 Å². The van der Waals surface area contributed by atoms with Crippen molar-refractivity contribution in [1.29, 1.82) is 0 Å². The van der Waals surface area contributed by atoms with Crippen LogP contribution in [-0.4, -0.2) is 49.1 Å². The normalized spacial score (nSPS) is 17.8. The van der Waals surface area contributed by atoms with Gasteiger partial charge in [0.25, 0.3) is 0 Å². The van der Waals surface area contributed by atoms with Crippen molar-refractivity contribution in [2.75, 3.05) is 39.3 Å². The van der Waals surface area contributed by atoms with Crippen molar-refractivity contribution in [3.63, 3.8) is 0 Å². The molecule has 4 heteroatoms. The highest BCUT2D eigenvalue weighted by molar-refractivity contribution is 7.12. The molecule has 0 bridgehead atoms. The first-order chi connectivity index (χ1) is 10.1. The van der Waals surface area contributed by atoms with E-state index < -0.39 is 0 Å². The first-order valence-electron chi connectivity index (χ1n) is 8.32. The zero-order valence-corrected chi connectivity index (χ0v) is 14.9. The lowest BCUT2D eigenvalue weighted by Crippen LogP contribution is -2.45. The second-order valence-corrected chi connectivity index (χ2v) is 7.87. The van der Waals surface area contributed by atoms with Crippen molar-refractivity contribution < 1.29 is 0 Å². The molecule has 1 N–H and O–H groups in total. The summed E-state index contributed by atoms with van der Waals surface area (Å²) in [6.07, 6.45) is 0. The molecule has 1 aromatic heterocycles. The quantitative estimate of drug-likeness (QED) is 0.835. The van der Waals surface area contributed by atoms with E-state index in [1.54, 1.807) is 0 Å². The maximum atomic E-state index is 3.55. The highest BCUT2D eigenvalue weighted by atomic mass is 32.1. The second-order valence-electron chi connectivity index (χ2n) is 6.53. The van der Waals surface area contributed by atoms with E-state index in [0.717, 1.165) is 25.6 Å². The number of hydrogen-bond acceptors (Lipinski definition) is 4. The van der Waals surface area contributed by atoms with Crippen molar-refractivity contribution in [2.45, 2.75) is 40.8 Å². The van der Waals surface area contributed by atoms with Gasteiger partial charge in [0.1, 0.15) is 0 Å². The number of rotatable bonds is 7. The van der Waals surface area contributed by atoms with Crippen LogP contribution in [0.3, 0.4) is 0 Å². The largest absolute Gasteiger partial charge is 0.312 e. The molecule has 1 aromatic rings. The minimum absolute atomic E-state index is 0.723. The summed E-state index contributed by atoms with van der Waals surface area (Å²) in [6.45, 7) is 18.4. The second kappa shape index (κ2) is 8.28. The van der Waals surface area contributed by atoms with E-state index in [2.05, 4.69) is 48.9 Å². The van der Waals surface area contributed by atoms with E-state index in [1.807, 2.05) is 11.3 Å². The molecule has 0 radical (unpaired) electrons. The zero-order valence-electron chi connectivity index (χ0n) is 14.1. The summed E-state index contributed by atoms with van der Waals surface area (Å²) in [6, 6.07) is 2.42. The average Bonchev–Trinajstić information content (AvgIpc) is 2.79. The Balaban J connectivity index is 1.82. The molecule has 0 atom stereocenters. The minimum Gasteiger partial charge on any atom is -0.312 e. The van der Waals surface area contributed by atoms with Gasteiger partial charge in [-0.15, -0.1) is 11.3 Å². The van der Waals surface area contributed by atoms with Gasteiger partial charge in [0, 0.05) is 49.0 Å². The van der Waals surface area contributed by atoms with E-state index in [0.29, 0.717) is 0 Å². The van der Waals surface area contributed by atoms with Crippen molar-refractivity contribution in [2.24, 2.45) is 5.92 Å². The van der Waals surface area contributed by atoms with Crippen LogP contribution in [-0.2, 0) is 13.1 Å². The molecular weight excluding hydrogens is 278 g/mol. The van der Waals surface area contributed by atoms with Gasteiger partial charge < -0.3 is 10.2 Å². The number of thiophene rings is 1. The Morgan fingerprint density at radius 3 is 2.48 bits per heavy atom. The molecule has 0 spiro atoms. The molecule has 120 valence electrons. The third-order valence-electron chi connectivity index (χ3n) is 4.23. The first kappa shape index (κ1) is 16.9. The van der Waals surface area contributed by atoms with E-state index in [9.17, 15) is 0 Å². The third kappa shape index (κ3) is 5.37. The molecule has 0 unspecified atom stereocenters. The standard InChI is InChI=1S/C17H31N3S/c1-5-19-6-8-20(9-7-19)13-16-10-17(21-15(16)4)12-18-11-14(2)3/h10,14,18H,5-9,11-13H2,1-4H3. The van der Waals surface area contributed by atoms with Gasteiger partial charge in [-0.05, 0) is 37.6 Å². The predicted molar refractivity (Wildman–Crippen MR) is 93.0 cm³/mol. The Kier molecular flexibility index (Phi) is 6.68. The van der Waals surface area contributed by atoms with Gasteiger partial charge in [-0.2, -0.15) is 0 Å². The Hall–Kier alpha value is -0.420. The SMILES string of the molecule is CCN1CCN(Cc2cc(CNCC(C)C)sc2C)CC1. The van der Waals surface area contributed by atoms with Gasteiger partial charge in [0.2, 0.25) is 0 Å². The van der Waals surface area contributed by atoms with Crippen molar-refractivity contribution in [3.05, 3.63) is 21.4 Å². The fourth-order valence-electron chi connectivity index (χ4n) is 2.82. The van der Waals surface area contributed by atoms with Crippen LogP contribution in [0, 0.1) is 12.8 Å². The molecular formula is C17H31N3S. The summed E-state index contributed by atoms with van der Waals surface area (Å²) in [5.41, 5.74) is 1.53. The summed E-state index contributed by atoms with van der Waals surface area (Å²) < 4.78 is 0. The summed E-state index contributed by atoms with van der Waals surface area (Å²) in [5.74, 6) is 0.723. The number of hydrogen-bond donors (Lipinski definition) is 1. The zero-order chi connectivity index (χ0) is 15.2. The third-order valence-corrected chi connectivity index (χ3v) is 5.32. The van der Waals surface area contributed by atoms with Crippen LogP contribution in [0.25, 0.3) is 0 Å². The monoisotopic (exact) mass is 309 g/mol. The van der Waals surface area contributed by atoms with Crippen LogP contribution in [0.1, 0.15) is 36.1 Å². The summed E-state index contributed by atoms with van der Waals surface area (Å²) in [4.78, 5) is 8.12. The van der Waals surface area contributed by atoms with E-state index in [-0.39, 0.29) is 0 Å². The Bertz CT molecular complexity index is 420. The Morgan fingerprint density at radius 2 is 1.86 bits per heavy atom. The number of likely N-dealkylation sites (N-methyl/N-ethyl adjacent to an activating group) is 1. The van der Waals surface area contributed by atoms with Crippen molar-refractivity contribution in [3.8, 4) is 0 Å². The smallest absolute Gasteiger partial charge is 0.0300 e. The van der Waals surface area contributed by atoms with Crippen LogP contribution < -0.4 is 5.32 Å². The topological polar surface area (TPSA) is 18.5 Å². The van der Waals surface area contributed by atoms with Crippen LogP contribution >= 0.6 is 11.3 Å². The maximum Gasteiger partial charge on any atom is 0.0300 e. The van der Waals surface area contributed by atoms with Gasteiger partial charge in [-0.1, -0.05) is 20.8 Å². The lowest BCUT2D eigenvalue weighted by molar-refractivity contribution is 0.132. The fraction of sp³-hybridized carbons (Fsp3) is 0.765. The summed E-state index contributed by atoms with van der Waals surface area (Å²) in [5, 5.41) is 3.55. The van der Waals surface area contributed by atoms with Crippen molar-refractivity contribution in [1.82, 2.24) is 15.1 Å². The molecule has 1 aliphatic heterocycles. The van der Waals surface area contributed by atoms with E-state index >= 15 is 0 Å². The molecule has 1 fully saturated rings. The summed E-state index contributed by atoms with van der Waals surface area (Å²) >= 11 is 1.96. The van der Waals surface area contributed by atoms with Gasteiger partial charge in [-0.3, -0.25) is 4.90 Å². The Morgan fingerprint density at radius 1 is 1.19 bits per heavy atom. The predicted octanol–water partition coefficient (Wildman–Crippen LogP) is 2.94. The molecule has 0 amide bonds. The van der Waals surface area contributed by atoms with Crippen molar-refractivity contribution >= 4 is 11.3 Å². The number of aryl methyl sites for hydroxylation is 1. The molecule has 3 nitrogen and oxygen atoms in total. The molecule has 2 rings (SSSR count). The van der Waals surface area contributed by atoms with E-state index in [4.69, 9.17) is 0 Å². The van der Waals surface area contributed by atoms with Gasteiger partial charge in [0.15, 0.2) is 0 Å². The molecule has 21 heavy (non-hydrogen) atoms. The van der Waals surface area contributed by atoms with Crippen LogP contribution in [0.5, 0.6) is 0 Å². The van der Waals surface area contributed by atoms with Gasteiger partial charge in [0.05, 0.1) is 0 Å². The molecule has 0 saturated carbocycles. The lowest BCUT2D eigenvalue weighted by Gasteiger charge is -2.33.